The summed E-state index contributed by atoms with van der Waals surface area (Å²) in [5, 5.41) is 13.8. The molecule has 0 spiro atoms. The topological polar surface area (TPSA) is 78.5 Å². The molecule has 2 aromatic rings. The largest absolute Gasteiger partial charge is 0.545 e. The van der Waals surface area contributed by atoms with Crippen molar-refractivity contribution in [2.24, 2.45) is 0 Å². The first kappa shape index (κ1) is 15.6. The Balaban J connectivity index is 2.30. The van der Waals surface area contributed by atoms with Gasteiger partial charge in [0.1, 0.15) is 5.75 Å². The average Bonchev–Trinajstić information content (AvgIpc) is 2.49. The molecule has 2 rings (SSSR count). The maximum absolute atomic E-state index is 12.3. The van der Waals surface area contributed by atoms with Crippen molar-refractivity contribution in [3.8, 4) is 5.75 Å². The maximum atomic E-state index is 12.3. The zero-order valence-electron chi connectivity index (χ0n) is 12.4. The van der Waals surface area contributed by atoms with Crippen LogP contribution in [-0.4, -0.2) is 18.5 Å². The number of benzene rings is 2. The van der Waals surface area contributed by atoms with Gasteiger partial charge in [0.05, 0.1) is 18.3 Å². The van der Waals surface area contributed by atoms with Crippen LogP contribution in [0.3, 0.4) is 0 Å². The lowest BCUT2D eigenvalue weighted by Gasteiger charge is -2.15. The van der Waals surface area contributed by atoms with Crippen molar-refractivity contribution < 1.29 is 19.4 Å². The highest BCUT2D eigenvalue weighted by Crippen LogP contribution is 2.22. The number of carboxylic acids is 1. The summed E-state index contributed by atoms with van der Waals surface area (Å²) in [4.78, 5) is 23.5. The third-order valence-corrected chi connectivity index (χ3v) is 3.14. The van der Waals surface area contributed by atoms with Gasteiger partial charge < -0.3 is 20.0 Å². The van der Waals surface area contributed by atoms with Crippen molar-refractivity contribution in [3.63, 3.8) is 0 Å². The predicted molar refractivity (Wildman–Crippen MR) is 81.1 cm³/mol. The molecule has 1 N–H and O–H groups in total. The molecular formula is C17H16NO4-. The number of carbonyl (C=O) groups is 2. The van der Waals surface area contributed by atoms with Crippen LogP contribution in [0.15, 0.2) is 42.5 Å². The van der Waals surface area contributed by atoms with Gasteiger partial charge in [0.2, 0.25) is 0 Å². The number of hydrogen-bond donors (Lipinski definition) is 1. The number of ether oxygens (including phenoxy) is 1. The van der Waals surface area contributed by atoms with Crippen LogP contribution in [0.25, 0.3) is 0 Å². The standard InChI is InChI=1S/C17H17NO4/c1-3-22-13-8-5-7-12(10-13)16(19)18-15-11(2)6-4-9-14(15)17(20)21/h4-10H,3H2,1-2H3,(H,18,19)(H,20,21)/p-1. The fourth-order valence-corrected chi connectivity index (χ4v) is 2.08. The molecular weight excluding hydrogens is 282 g/mol. The van der Waals surface area contributed by atoms with E-state index in [0.29, 0.717) is 23.5 Å². The van der Waals surface area contributed by atoms with Crippen LogP contribution in [0, 0.1) is 6.92 Å². The molecule has 1 amide bonds. The molecule has 0 aliphatic rings. The second-order valence-electron chi connectivity index (χ2n) is 4.70. The SMILES string of the molecule is CCOc1cccc(C(=O)Nc2c(C)cccc2C(=O)[O-])c1. The fraction of sp³-hybridized carbons (Fsp3) is 0.176. The number of aryl methyl sites for hydroxylation is 1. The highest BCUT2D eigenvalue weighted by molar-refractivity contribution is 6.08. The van der Waals surface area contributed by atoms with Crippen LogP contribution in [-0.2, 0) is 0 Å². The maximum Gasteiger partial charge on any atom is 0.255 e. The molecule has 0 atom stereocenters. The molecule has 114 valence electrons. The van der Waals surface area contributed by atoms with E-state index in [1.807, 2.05) is 6.92 Å². The van der Waals surface area contributed by atoms with Gasteiger partial charge in [-0.05, 0) is 37.6 Å². The summed E-state index contributed by atoms with van der Waals surface area (Å²) in [5.74, 6) is -1.15. The Morgan fingerprint density at radius 2 is 1.91 bits per heavy atom. The van der Waals surface area contributed by atoms with Gasteiger partial charge in [-0.3, -0.25) is 4.79 Å². The van der Waals surface area contributed by atoms with E-state index in [1.54, 1.807) is 43.3 Å². The van der Waals surface area contributed by atoms with Gasteiger partial charge in [-0.2, -0.15) is 0 Å². The first-order chi connectivity index (χ1) is 10.5. The third-order valence-electron chi connectivity index (χ3n) is 3.14. The number of nitrogens with one attached hydrogen (secondary N) is 1. The highest BCUT2D eigenvalue weighted by atomic mass is 16.5. The van der Waals surface area contributed by atoms with Gasteiger partial charge >= 0.3 is 0 Å². The number of aromatic carboxylic acids is 1. The van der Waals surface area contributed by atoms with Crippen LogP contribution in [0.2, 0.25) is 0 Å². The first-order valence-electron chi connectivity index (χ1n) is 6.88. The molecule has 0 unspecified atom stereocenters. The summed E-state index contributed by atoms with van der Waals surface area (Å²) < 4.78 is 5.35. The minimum Gasteiger partial charge on any atom is -0.545 e. The van der Waals surface area contributed by atoms with Crippen molar-refractivity contribution in [2.75, 3.05) is 11.9 Å². The molecule has 0 heterocycles. The minimum absolute atomic E-state index is 0.0469. The molecule has 2 aromatic carbocycles. The smallest absolute Gasteiger partial charge is 0.255 e. The second kappa shape index (κ2) is 6.76. The van der Waals surface area contributed by atoms with Gasteiger partial charge in [-0.25, -0.2) is 0 Å². The van der Waals surface area contributed by atoms with Gasteiger partial charge in [0.15, 0.2) is 0 Å². The number of anilines is 1. The first-order valence-corrected chi connectivity index (χ1v) is 6.88. The Kier molecular flexibility index (Phi) is 4.78. The predicted octanol–water partition coefficient (Wildman–Crippen LogP) is 2.01. The van der Waals surface area contributed by atoms with Crippen LogP contribution >= 0.6 is 0 Å². The zero-order valence-corrected chi connectivity index (χ0v) is 12.4. The number of rotatable bonds is 5. The molecule has 5 nitrogen and oxygen atoms in total. The summed E-state index contributed by atoms with van der Waals surface area (Å²) >= 11 is 0. The lowest BCUT2D eigenvalue weighted by Crippen LogP contribution is -2.25. The van der Waals surface area contributed by atoms with Gasteiger partial charge in [0.25, 0.3) is 5.91 Å². The molecule has 5 heteroatoms. The summed E-state index contributed by atoms with van der Waals surface area (Å²) in [6.45, 7) is 4.07. The number of para-hydroxylation sites is 1. The number of amides is 1. The normalized spacial score (nSPS) is 10.1. The van der Waals surface area contributed by atoms with E-state index >= 15 is 0 Å². The molecule has 0 saturated carbocycles. The van der Waals surface area contributed by atoms with Crippen LogP contribution in [0.5, 0.6) is 5.75 Å². The molecule has 0 radical (unpaired) electrons. The average molecular weight is 298 g/mol. The molecule has 0 fully saturated rings. The number of carboxylic acid groups (broad SMARTS) is 1. The Bertz CT molecular complexity index is 710. The van der Waals surface area contributed by atoms with Crippen molar-refractivity contribution in [1.29, 1.82) is 0 Å². The lowest BCUT2D eigenvalue weighted by atomic mass is 10.1. The Hall–Kier alpha value is -2.82. The molecule has 0 bridgehead atoms. The molecule has 22 heavy (non-hydrogen) atoms. The van der Waals surface area contributed by atoms with E-state index in [4.69, 9.17) is 4.74 Å². The Morgan fingerprint density at radius 1 is 1.18 bits per heavy atom. The monoisotopic (exact) mass is 298 g/mol. The summed E-state index contributed by atoms with van der Waals surface area (Å²) in [6, 6.07) is 11.4. The van der Waals surface area contributed by atoms with Crippen molar-refractivity contribution in [3.05, 3.63) is 59.2 Å². The fourth-order valence-electron chi connectivity index (χ4n) is 2.08. The summed E-state index contributed by atoms with van der Waals surface area (Å²) in [5.41, 5.74) is 1.23. The highest BCUT2D eigenvalue weighted by Gasteiger charge is 2.12. The molecule has 0 aliphatic carbocycles. The van der Waals surface area contributed by atoms with Gasteiger partial charge in [0, 0.05) is 11.1 Å². The van der Waals surface area contributed by atoms with E-state index in [1.165, 1.54) is 6.07 Å². The van der Waals surface area contributed by atoms with E-state index < -0.39 is 11.9 Å². The van der Waals surface area contributed by atoms with Gasteiger partial charge in [-0.1, -0.05) is 24.3 Å². The van der Waals surface area contributed by atoms with E-state index in [-0.39, 0.29) is 11.3 Å². The minimum atomic E-state index is -1.33. The Labute approximate surface area is 128 Å². The third kappa shape index (κ3) is 3.44. The quantitative estimate of drug-likeness (QED) is 0.916. The van der Waals surface area contributed by atoms with E-state index in [0.717, 1.165) is 0 Å². The van der Waals surface area contributed by atoms with Gasteiger partial charge in [-0.15, -0.1) is 0 Å². The van der Waals surface area contributed by atoms with E-state index in [2.05, 4.69) is 5.32 Å². The van der Waals surface area contributed by atoms with Crippen molar-refractivity contribution in [1.82, 2.24) is 0 Å². The summed E-state index contributed by atoms with van der Waals surface area (Å²) in [7, 11) is 0. The van der Waals surface area contributed by atoms with Crippen LogP contribution in [0.4, 0.5) is 5.69 Å². The number of carbonyl (C=O) groups excluding carboxylic acids is 2. The zero-order chi connectivity index (χ0) is 16.1. The lowest BCUT2D eigenvalue weighted by molar-refractivity contribution is -0.254. The Morgan fingerprint density at radius 3 is 2.59 bits per heavy atom. The molecule has 0 saturated heterocycles. The molecule has 0 aromatic heterocycles. The summed E-state index contributed by atoms with van der Waals surface area (Å²) in [6.07, 6.45) is 0. The molecule has 0 aliphatic heterocycles. The van der Waals surface area contributed by atoms with Crippen molar-refractivity contribution >= 4 is 17.6 Å². The number of hydrogen-bond acceptors (Lipinski definition) is 4. The van der Waals surface area contributed by atoms with Crippen molar-refractivity contribution in [2.45, 2.75) is 13.8 Å². The second-order valence-corrected chi connectivity index (χ2v) is 4.70. The van der Waals surface area contributed by atoms with Crippen LogP contribution in [0.1, 0.15) is 33.2 Å². The van der Waals surface area contributed by atoms with Crippen LogP contribution < -0.4 is 15.2 Å². The van der Waals surface area contributed by atoms with E-state index in [9.17, 15) is 14.7 Å².